The third kappa shape index (κ3) is 3.96. The number of hydrogen-bond donors (Lipinski definition) is 1. The Labute approximate surface area is 114 Å². The Kier molecular flexibility index (Phi) is 5.36. The van der Waals surface area contributed by atoms with E-state index < -0.39 is 6.04 Å². The van der Waals surface area contributed by atoms with Crippen LogP contribution in [0.4, 0.5) is 0 Å². The van der Waals surface area contributed by atoms with Gasteiger partial charge < -0.3 is 15.2 Å². The lowest BCUT2D eigenvalue weighted by Crippen LogP contribution is -2.33. The summed E-state index contributed by atoms with van der Waals surface area (Å²) in [5, 5.41) is 0. The first-order valence-corrected chi connectivity index (χ1v) is 6.47. The quantitative estimate of drug-likeness (QED) is 0.830. The van der Waals surface area contributed by atoms with E-state index in [4.69, 9.17) is 15.2 Å². The van der Waals surface area contributed by atoms with Crippen molar-refractivity contribution in [1.82, 2.24) is 0 Å². The van der Waals surface area contributed by atoms with Gasteiger partial charge >= 0.3 is 5.97 Å². The molecule has 0 radical (unpaired) electrons. The molecule has 4 heteroatoms. The van der Waals surface area contributed by atoms with Gasteiger partial charge in [0.2, 0.25) is 0 Å². The van der Waals surface area contributed by atoms with Gasteiger partial charge in [-0.25, -0.2) is 0 Å². The van der Waals surface area contributed by atoms with Crippen molar-refractivity contribution in [3.8, 4) is 5.75 Å². The van der Waals surface area contributed by atoms with E-state index >= 15 is 0 Å². The van der Waals surface area contributed by atoms with Crippen LogP contribution < -0.4 is 10.5 Å². The summed E-state index contributed by atoms with van der Waals surface area (Å²) >= 11 is 0. The largest absolute Gasteiger partial charge is 0.497 e. The number of aryl methyl sites for hydroxylation is 1. The number of hydrogen-bond acceptors (Lipinski definition) is 4. The number of carbonyl (C=O) groups is 1. The fourth-order valence-corrected chi connectivity index (χ4v) is 1.93. The van der Waals surface area contributed by atoms with Crippen molar-refractivity contribution >= 4 is 5.97 Å². The summed E-state index contributed by atoms with van der Waals surface area (Å²) < 4.78 is 10.5. The zero-order chi connectivity index (χ0) is 14.6. The van der Waals surface area contributed by atoms with E-state index in [9.17, 15) is 4.79 Å². The maximum atomic E-state index is 11.5. The molecule has 2 N–H and O–H groups in total. The van der Waals surface area contributed by atoms with Crippen molar-refractivity contribution in [2.45, 2.75) is 45.8 Å². The standard InChI is InChI=1S/C15H23NO3/c1-9-8-13(18-5)6-7-14(9)10(2)12(4)19-15(17)11(3)16/h6-8,10-12H,16H2,1-5H3/t10?,11-,12+/m1/s1. The lowest BCUT2D eigenvalue weighted by Gasteiger charge is -2.23. The number of methoxy groups -OCH3 is 1. The molecule has 0 aliphatic carbocycles. The number of esters is 1. The highest BCUT2D eigenvalue weighted by Crippen LogP contribution is 2.27. The van der Waals surface area contributed by atoms with Crippen molar-refractivity contribution in [2.24, 2.45) is 5.73 Å². The highest BCUT2D eigenvalue weighted by atomic mass is 16.5. The third-order valence-corrected chi connectivity index (χ3v) is 3.35. The lowest BCUT2D eigenvalue weighted by atomic mass is 9.92. The molecule has 4 nitrogen and oxygen atoms in total. The fourth-order valence-electron chi connectivity index (χ4n) is 1.93. The number of ether oxygens (including phenoxy) is 2. The van der Waals surface area contributed by atoms with Crippen molar-refractivity contribution < 1.29 is 14.3 Å². The van der Waals surface area contributed by atoms with Crippen LogP contribution in [0.1, 0.15) is 37.8 Å². The van der Waals surface area contributed by atoms with Gasteiger partial charge in [-0.2, -0.15) is 0 Å². The van der Waals surface area contributed by atoms with Gasteiger partial charge in [-0.1, -0.05) is 13.0 Å². The second kappa shape index (κ2) is 6.57. The number of nitrogens with two attached hydrogens (primary N) is 1. The minimum absolute atomic E-state index is 0.105. The Morgan fingerprint density at radius 3 is 2.37 bits per heavy atom. The monoisotopic (exact) mass is 265 g/mol. The molecule has 1 rings (SSSR count). The highest BCUT2D eigenvalue weighted by Gasteiger charge is 2.21. The second-order valence-electron chi connectivity index (χ2n) is 4.94. The first-order chi connectivity index (χ1) is 8.86. The van der Waals surface area contributed by atoms with E-state index in [1.165, 1.54) is 0 Å². The molecule has 0 saturated carbocycles. The van der Waals surface area contributed by atoms with Gasteiger partial charge in [0.15, 0.2) is 0 Å². The van der Waals surface area contributed by atoms with E-state index in [-0.39, 0.29) is 18.0 Å². The molecule has 3 atom stereocenters. The van der Waals surface area contributed by atoms with Crippen LogP contribution in [0, 0.1) is 6.92 Å². The summed E-state index contributed by atoms with van der Waals surface area (Å²) in [6.45, 7) is 7.56. The first kappa shape index (κ1) is 15.5. The molecule has 0 amide bonds. The van der Waals surface area contributed by atoms with Gasteiger partial charge in [-0.3, -0.25) is 4.79 Å². The maximum Gasteiger partial charge on any atom is 0.322 e. The second-order valence-corrected chi connectivity index (χ2v) is 4.94. The first-order valence-electron chi connectivity index (χ1n) is 6.47. The summed E-state index contributed by atoms with van der Waals surface area (Å²) in [7, 11) is 1.64. The average molecular weight is 265 g/mol. The van der Waals surface area contributed by atoms with Gasteiger partial charge in [0.1, 0.15) is 17.9 Å². The molecule has 0 aromatic heterocycles. The predicted octanol–water partition coefficient (Wildman–Crippen LogP) is 2.39. The van der Waals surface area contributed by atoms with Crippen LogP contribution in [-0.2, 0) is 9.53 Å². The summed E-state index contributed by atoms with van der Waals surface area (Å²) in [5.41, 5.74) is 7.76. The van der Waals surface area contributed by atoms with Crippen molar-refractivity contribution in [3.63, 3.8) is 0 Å². The molecule has 1 aromatic carbocycles. The zero-order valence-corrected chi connectivity index (χ0v) is 12.3. The van der Waals surface area contributed by atoms with E-state index in [0.29, 0.717) is 0 Å². The molecule has 106 valence electrons. The smallest absolute Gasteiger partial charge is 0.322 e. The molecule has 0 fully saturated rings. The van der Waals surface area contributed by atoms with Crippen molar-refractivity contribution in [2.75, 3.05) is 7.11 Å². The van der Waals surface area contributed by atoms with Crippen LogP contribution >= 0.6 is 0 Å². The van der Waals surface area contributed by atoms with Crippen LogP contribution in [0.5, 0.6) is 5.75 Å². The normalized spacial score (nSPS) is 15.5. The van der Waals surface area contributed by atoms with Crippen LogP contribution in [0.15, 0.2) is 18.2 Å². The van der Waals surface area contributed by atoms with E-state index in [1.54, 1.807) is 14.0 Å². The summed E-state index contributed by atoms with van der Waals surface area (Å²) in [6, 6.07) is 5.31. The summed E-state index contributed by atoms with van der Waals surface area (Å²) in [6.07, 6.45) is -0.217. The minimum atomic E-state index is -0.591. The van der Waals surface area contributed by atoms with Gasteiger partial charge in [0.05, 0.1) is 7.11 Å². The molecule has 0 saturated heterocycles. The Bertz CT molecular complexity index is 443. The third-order valence-electron chi connectivity index (χ3n) is 3.35. The van der Waals surface area contributed by atoms with Crippen molar-refractivity contribution in [3.05, 3.63) is 29.3 Å². The SMILES string of the molecule is COc1ccc(C(C)[C@H](C)OC(=O)[C@@H](C)N)c(C)c1. The summed E-state index contributed by atoms with van der Waals surface area (Å²) in [4.78, 5) is 11.5. The average Bonchev–Trinajstić information content (AvgIpc) is 2.37. The number of rotatable bonds is 5. The van der Waals surface area contributed by atoms with Gasteiger partial charge in [-0.15, -0.1) is 0 Å². The fraction of sp³-hybridized carbons (Fsp3) is 0.533. The Balaban J connectivity index is 2.82. The zero-order valence-electron chi connectivity index (χ0n) is 12.3. The van der Waals surface area contributed by atoms with E-state index in [0.717, 1.165) is 16.9 Å². The van der Waals surface area contributed by atoms with Crippen LogP contribution in [0.2, 0.25) is 0 Å². The molecule has 19 heavy (non-hydrogen) atoms. The van der Waals surface area contributed by atoms with Gasteiger partial charge in [0, 0.05) is 5.92 Å². The number of carbonyl (C=O) groups excluding carboxylic acids is 1. The molecule has 0 spiro atoms. The number of benzene rings is 1. The Morgan fingerprint density at radius 1 is 1.26 bits per heavy atom. The minimum Gasteiger partial charge on any atom is -0.497 e. The van der Waals surface area contributed by atoms with Crippen LogP contribution in [0.3, 0.4) is 0 Å². The van der Waals surface area contributed by atoms with E-state index in [2.05, 4.69) is 0 Å². The van der Waals surface area contributed by atoms with Gasteiger partial charge in [-0.05, 0) is 44.0 Å². The Morgan fingerprint density at radius 2 is 1.89 bits per heavy atom. The molecular formula is C15H23NO3. The maximum absolute atomic E-state index is 11.5. The predicted molar refractivity (Wildman–Crippen MR) is 75.3 cm³/mol. The molecule has 0 aliphatic rings. The molecule has 0 bridgehead atoms. The lowest BCUT2D eigenvalue weighted by molar-refractivity contribution is -0.150. The van der Waals surface area contributed by atoms with Gasteiger partial charge in [0.25, 0.3) is 0 Å². The molecular weight excluding hydrogens is 242 g/mol. The summed E-state index contributed by atoms with van der Waals surface area (Å²) in [5.74, 6) is 0.563. The molecule has 0 heterocycles. The topological polar surface area (TPSA) is 61.5 Å². The molecule has 1 aromatic rings. The highest BCUT2D eigenvalue weighted by molar-refractivity contribution is 5.75. The van der Waals surface area contributed by atoms with E-state index in [1.807, 2.05) is 39.0 Å². The van der Waals surface area contributed by atoms with Crippen LogP contribution in [-0.4, -0.2) is 25.2 Å². The Hall–Kier alpha value is -1.55. The van der Waals surface area contributed by atoms with Crippen molar-refractivity contribution in [1.29, 1.82) is 0 Å². The molecule has 0 aliphatic heterocycles. The molecule has 1 unspecified atom stereocenters. The van der Waals surface area contributed by atoms with Crippen LogP contribution in [0.25, 0.3) is 0 Å².